The minimum absolute atomic E-state index is 0.103. The summed E-state index contributed by atoms with van der Waals surface area (Å²) in [6, 6.07) is 14.9. The van der Waals surface area contributed by atoms with E-state index in [0.29, 0.717) is 22.7 Å². The average molecular weight is 441 g/mol. The molecule has 0 radical (unpaired) electrons. The summed E-state index contributed by atoms with van der Waals surface area (Å²) < 4.78 is 26.8. The van der Waals surface area contributed by atoms with Crippen LogP contribution in [-0.4, -0.2) is 25.4 Å². The van der Waals surface area contributed by atoms with Gasteiger partial charge in [-0.3, -0.25) is 10.1 Å². The van der Waals surface area contributed by atoms with Crippen LogP contribution in [0.3, 0.4) is 0 Å². The van der Waals surface area contributed by atoms with Gasteiger partial charge in [0.2, 0.25) is 10.0 Å². The van der Waals surface area contributed by atoms with Gasteiger partial charge in [0.1, 0.15) is 0 Å². The molecule has 2 N–H and O–H groups in total. The number of anilines is 1. The zero-order valence-corrected chi connectivity index (χ0v) is 18.0. The van der Waals surface area contributed by atoms with Crippen molar-refractivity contribution in [3.8, 4) is 6.07 Å². The van der Waals surface area contributed by atoms with Crippen LogP contribution in [0.5, 0.6) is 0 Å². The fraction of sp³-hybridized carbons (Fsp3) is 0.190. The maximum Gasteiger partial charge on any atom is 0.257 e. The molecule has 7 nitrogen and oxygen atoms in total. The number of hydrogen-bond acceptors (Lipinski definition) is 6. The van der Waals surface area contributed by atoms with Crippen LogP contribution in [-0.2, 0) is 16.4 Å². The highest BCUT2D eigenvalue weighted by atomic mass is 32.2. The summed E-state index contributed by atoms with van der Waals surface area (Å²) in [5.41, 5.74) is 1.99. The van der Waals surface area contributed by atoms with Crippen LogP contribution in [0.4, 0.5) is 5.13 Å². The Morgan fingerprint density at radius 3 is 2.40 bits per heavy atom. The Hall–Kier alpha value is -3.06. The van der Waals surface area contributed by atoms with Crippen LogP contribution in [0, 0.1) is 11.3 Å². The number of rotatable bonds is 7. The van der Waals surface area contributed by atoms with Crippen molar-refractivity contribution in [3.05, 3.63) is 76.3 Å². The van der Waals surface area contributed by atoms with Gasteiger partial charge in [-0.25, -0.2) is 18.1 Å². The summed E-state index contributed by atoms with van der Waals surface area (Å²) >= 11 is 1.36. The van der Waals surface area contributed by atoms with E-state index in [9.17, 15) is 13.2 Å². The quantitative estimate of drug-likeness (QED) is 0.584. The van der Waals surface area contributed by atoms with E-state index < -0.39 is 10.0 Å². The third kappa shape index (κ3) is 5.51. The summed E-state index contributed by atoms with van der Waals surface area (Å²) in [7, 11) is -3.60. The Morgan fingerprint density at radius 2 is 1.80 bits per heavy atom. The Morgan fingerprint density at radius 1 is 1.13 bits per heavy atom. The van der Waals surface area contributed by atoms with E-state index in [4.69, 9.17) is 5.26 Å². The topological polar surface area (TPSA) is 112 Å². The molecule has 1 aromatic heterocycles. The van der Waals surface area contributed by atoms with Crippen molar-refractivity contribution in [2.75, 3.05) is 5.32 Å². The van der Waals surface area contributed by atoms with Crippen molar-refractivity contribution in [2.45, 2.75) is 31.2 Å². The molecule has 0 aliphatic carbocycles. The molecule has 0 bridgehead atoms. The highest BCUT2D eigenvalue weighted by Gasteiger charge is 2.16. The highest BCUT2D eigenvalue weighted by molar-refractivity contribution is 7.89. The number of nitriles is 1. The molecule has 1 amide bonds. The summed E-state index contributed by atoms with van der Waals surface area (Å²) in [4.78, 5) is 17.8. The van der Waals surface area contributed by atoms with Crippen LogP contribution in [0.25, 0.3) is 0 Å². The molecule has 3 rings (SSSR count). The second kappa shape index (κ2) is 9.17. The molecule has 0 fully saturated rings. The van der Waals surface area contributed by atoms with Crippen molar-refractivity contribution in [1.82, 2.24) is 9.71 Å². The Balaban J connectivity index is 1.64. The number of carbonyl (C=O) groups is 1. The lowest BCUT2D eigenvalue weighted by Crippen LogP contribution is -2.30. The number of nitrogens with one attached hydrogen (secondary N) is 2. The predicted molar refractivity (Wildman–Crippen MR) is 116 cm³/mol. The molecule has 9 heteroatoms. The van der Waals surface area contributed by atoms with E-state index in [1.54, 1.807) is 32.2 Å². The van der Waals surface area contributed by atoms with Crippen LogP contribution >= 0.6 is 11.3 Å². The molecular weight excluding hydrogens is 420 g/mol. The number of benzene rings is 2. The molecule has 0 aliphatic heterocycles. The van der Waals surface area contributed by atoms with E-state index in [0.717, 1.165) is 10.4 Å². The molecule has 0 aliphatic rings. The fourth-order valence-electron chi connectivity index (χ4n) is 2.68. The number of hydrogen-bond donors (Lipinski definition) is 2. The number of nitrogens with zero attached hydrogens (tertiary/aromatic N) is 2. The molecule has 1 heterocycles. The first-order valence-electron chi connectivity index (χ1n) is 9.14. The normalized spacial score (nSPS) is 11.3. The Bertz CT molecular complexity index is 1180. The monoisotopic (exact) mass is 440 g/mol. The van der Waals surface area contributed by atoms with Gasteiger partial charge in [0.15, 0.2) is 5.13 Å². The van der Waals surface area contributed by atoms with Crippen LogP contribution in [0.1, 0.15) is 40.2 Å². The number of amides is 1. The van der Waals surface area contributed by atoms with Gasteiger partial charge >= 0.3 is 0 Å². The zero-order valence-electron chi connectivity index (χ0n) is 16.4. The van der Waals surface area contributed by atoms with Crippen LogP contribution in [0.2, 0.25) is 0 Å². The summed E-state index contributed by atoms with van der Waals surface area (Å²) in [6.07, 6.45) is 2.35. The average Bonchev–Trinajstić information content (AvgIpc) is 3.14. The predicted octanol–water partition coefficient (Wildman–Crippen LogP) is 3.54. The fourth-order valence-corrected chi connectivity index (χ4v) is 4.77. The van der Waals surface area contributed by atoms with Crippen LogP contribution < -0.4 is 10.0 Å². The first kappa shape index (κ1) is 21.6. The van der Waals surface area contributed by atoms with Crippen molar-refractivity contribution in [1.29, 1.82) is 5.26 Å². The molecule has 0 unspecified atom stereocenters. The zero-order chi connectivity index (χ0) is 21.7. The minimum atomic E-state index is -3.60. The largest absolute Gasteiger partial charge is 0.298 e. The summed E-state index contributed by atoms with van der Waals surface area (Å²) in [6.45, 7) is 3.48. The molecular formula is C21H20N4O3S2. The summed E-state index contributed by atoms with van der Waals surface area (Å²) in [5.74, 6) is -0.366. The lowest BCUT2D eigenvalue weighted by molar-refractivity contribution is 0.102. The van der Waals surface area contributed by atoms with E-state index in [-0.39, 0.29) is 16.8 Å². The lowest BCUT2D eigenvalue weighted by Gasteiger charge is -2.10. The van der Waals surface area contributed by atoms with Gasteiger partial charge in [0.05, 0.1) is 16.5 Å². The number of thiazole rings is 1. The van der Waals surface area contributed by atoms with Gasteiger partial charge in [0, 0.05) is 29.1 Å². The van der Waals surface area contributed by atoms with Gasteiger partial charge in [-0.05, 0) is 55.8 Å². The SMILES string of the molecule is CC(C)NS(=O)(=O)c1ccc(C(=O)Nc2ncc(Cc3ccc(C#N)cc3)s2)cc1. The third-order valence-electron chi connectivity index (χ3n) is 4.05. The van der Waals surface area contributed by atoms with Gasteiger partial charge < -0.3 is 0 Å². The second-order valence-corrected chi connectivity index (χ2v) is 9.70. The highest BCUT2D eigenvalue weighted by Crippen LogP contribution is 2.22. The number of sulfonamides is 1. The van der Waals surface area contributed by atoms with Gasteiger partial charge in [-0.15, -0.1) is 11.3 Å². The molecule has 3 aromatic rings. The second-order valence-electron chi connectivity index (χ2n) is 6.87. The van der Waals surface area contributed by atoms with Gasteiger partial charge in [-0.1, -0.05) is 12.1 Å². The number of carbonyl (C=O) groups excluding carboxylic acids is 1. The number of aromatic nitrogens is 1. The Labute approximate surface area is 179 Å². The minimum Gasteiger partial charge on any atom is -0.298 e. The molecule has 154 valence electrons. The van der Waals surface area contributed by atoms with E-state index >= 15 is 0 Å². The maximum atomic E-state index is 12.5. The molecule has 2 aromatic carbocycles. The first-order chi connectivity index (χ1) is 14.3. The molecule has 0 saturated carbocycles. The lowest BCUT2D eigenvalue weighted by atomic mass is 10.1. The van der Waals surface area contributed by atoms with Crippen LogP contribution in [0.15, 0.2) is 59.6 Å². The van der Waals surface area contributed by atoms with Gasteiger partial charge in [0.25, 0.3) is 5.91 Å². The van der Waals surface area contributed by atoms with Crippen molar-refractivity contribution in [3.63, 3.8) is 0 Å². The van der Waals surface area contributed by atoms with Crippen molar-refractivity contribution in [2.24, 2.45) is 0 Å². The molecule has 30 heavy (non-hydrogen) atoms. The van der Waals surface area contributed by atoms with E-state index in [1.807, 2.05) is 12.1 Å². The third-order valence-corrected chi connectivity index (χ3v) is 6.64. The van der Waals surface area contributed by atoms with E-state index in [1.165, 1.54) is 35.6 Å². The summed E-state index contributed by atoms with van der Waals surface area (Å²) in [5, 5.41) is 12.1. The molecule has 0 atom stereocenters. The van der Waals surface area contributed by atoms with E-state index in [2.05, 4.69) is 21.1 Å². The molecule has 0 spiro atoms. The first-order valence-corrected chi connectivity index (χ1v) is 11.4. The Kier molecular flexibility index (Phi) is 6.62. The smallest absolute Gasteiger partial charge is 0.257 e. The van der Waals surface area contributed by atoms with Crippen molar-refractivity contribution >= 4 is 32.4 Å². The standard InChI is InChI=1S/C21H20N4O3S2/c1-14(2)25-30(27,28)19-9-7-17(8-10-19)20(26)24-21-23-13-18(29-21)11-15-3-5-16(12-22)6-4-15/h3-10,13-14,25H,11H2,1-2H3,(H,23,24,26). The molecule has 0 saturated heterocycles. The maximum absolute atomic E-state index is 12.5. The van der Waals surface area contributed by atoms with Gasteiger partial charge in [-0.2, -0.15) is 5.26 Å². The van der Waals surface area contributed by atoms with Crippen molar-refractivity contribution < 1.29 is 13.2 Å².